The van der Waals surface area contributed by atoms with Gasteiger partial charge in [0.15, 0.2) is 0 Å². The molecule has 0 N–H and O–H groups in total. The Balaban J connectivity index is 2.28. The molecule has 3 rings (SSSR count). The quantitative estimate of drug-likeness (QED) is 0.692. The van der Waals surface area contributed by atoms with E-state index < -0.39 is 0 Å². The number of amides is 1. The molecule has 0 spiro atoms. The predicted molar refractivity (Wildman–Crippen MR) is 109 cm³/mol. The van der Waals surface area contributed by atoms with Crippen molar-refractivity contribution in [2.45, 2.75) is 47.1 Å². The summed E-state index contributed by atoms with van der Waals surface area (Å²) in [6, 6.07) is 6.14. The van der Waals surface area contributed by atoms with Crippen molar-refractivity contribution < 1.29 is 4.79 Å². The van der Waals surface area contributed by atoms with Gasteiger partial charge >= 0.3 is 0 Å². The highest BCUT2D eigenvalue weighted by Gasteiger charge is 2.23. The third kappa shape index (κ3) is 3.54. The molecule has 0 saturated carbocycles. The molecule has 0 unspecified atom stereocenters. The fourth-order valence-corrected chi connectivity index (χ4v) is 3.10. The standard InChI is InChI=1S/C22H26N4O/c1-7-19-23-11-16(12-24-19)21-15(5)20(22(27)26(6)13(2)3)17-10-14(4)8-9-18(17)25-21/h8-13H,7H2,1-6H3. The van der Waals surface area contributed by atoms with Gasteiger partial charge in [0.25, 0.3) is 5.91 Å². The Morgan fingerprint density at radius 1 is 1.15 bits per heavy atom. The highest BCUT2D eigenvalue weighted by Crippen LogP contribution is 2.30. The lowest BCUT2D eigenvalue weighted by atomic mass is 9.96. The molecule has 140 valence electrons. The first-order valence-electron chi connectivity index (χ1n) is 9.32. The lowest BCUT2D eigenvalue weighted by molar-refractivity contribution is 0.0756. The van der Waals surface area contributed by atoms with Crippen molar-refractivity contribution in [3.63, 3.8) is 0 Å². The summed E-state index contributed by atoms with van der Waals surface area (Å²) in [6.45, 7) is 10.0. The van der Waals surface area contributed by atoms with Gasteiger partial charge in [-0.25, -0.2) is 15.0 Å². The van der Waals surface area contributed by atoms with Crippen molar-refractivity contribution in [1.29, 1.82) is 0 Å². The minimum Gasteiger partial charge on any atom is -0.339 e. The van der Waals surface area contributed by atoms with E-state index in [0.29, 0.717) is 5.56 Å². The molecular weight excluding hydrogens is 336 g/mol. The first kappa shape index (κ1) is 19.0. The van der Waals surface area contributed by atoms with E-state index >= 15 is 0 Å². The first-order chi connectivity index (χ1) is 12.8. The third-order valence-corrected chi connectivity index (χ3v) is 4.99. The van der Waals surface area contributed by atoms with Gasteiger partial charge in [-0.15, -0.1) is 0 Å². The van der Waals surface area contributed by atoms with Crippen LogP contribution in [0.3, 0.4) is 0 Å². The lowest BCUT2D eigenvalue weighted by Gasteiger charge is -2.24. The summed E-state index contributed by atoms with van der Waals surface area (Å²) in [5, 5.41) is 0.889. The molecule has 0 fully saturated rings. The van der Waals surface area contributed by atoms with Crippen LogP contribution in [0.15, 0.2) is 30.6 Å². The summed E-state index contributed by atoms with van der Waals surface area (Å²) in [6.07, 6.45) is 4.37. The molecule has 0 bridgehead atoms. The van der Waals surface area contributed by atoms with Crippen LogP contribution in [0.5, 0.6) is 0 Å². The summed E-state index contributed by atoms with van der Waals surface area (Å²) in [5.74, 6) is 0.802. The van der Waals surface area contributed by atoms with Crippen LogP contribution in [0, 0.1) is 13.8 Å². The van der Waals surface area contributed by atoms with Gasteiger partial charge in [0, 0.05) is 42.9 Å². The monoisotopic (exact) mass is 362 g/mol. The molecule has 5 heteroatoms. The van der Waals surface area contributed by atoms with Crippen LogP contribution in [0.25, 0.3) is 22.2 Å². The van der Waals surface area contributed by atoms with Gasteiger partial charge in [-0.2, -0.15) is 0 Å². The molecule has 2 heterocycles. The van der Waals surface area contributed by atoms with Gasteiger partial charge < -0.3 is 4.90 Å². The summed E-state index contributed by atoms with van der Waals surface area (Å²) >= 11 is 0. The molecular formula is C22H26N4O. The van der Waals surface area contributed by atoms with Gasteiger partial charge in [0.05, 0.1) is 16.8 Å². The summed E-state index contributed by atoms with van der Waals surface area (Å²) in [5.41, 5.74) is 5.06. The number of nitrogens with zero attached hydrogens (tertiary/aromatic N) is 4. The molecule has 0 aliphatic rings. The maximum Gasteiger partial charge on any atom is 0.254 e. The molecule has 0 aliphatic carbocycles. The fourth-order valence-electron chi connectivity index (χ4n) is 3.10. The number of rotatable bonds is 4. The highest BCUT2D eigenvalue weighted by molar-refractivity contribution is 6.09. The van der Waals surface area contributed by atoms with Crippen molar-refractivity contribution in [2.75, 3.05) is 7.05 Å². The van der Waals surface area contributed by atoms with Gasteiger partial charge in [-0.05, 0) is 45.4 Å². The number of pyridine rings is 1. The minimum atomic E-state index is 0.00727. The second-order valence-electron chi connectivity index (χ2n) is 7.23. The molecule has 3 aromatic rings. The Kier molecular flexibility index (Phi) is 5.22. The third-order valence-electron chi connectivity index (χ3n) is 4.99. The predicted octanol–water partition coefficient (Wildman–Crippen LogP) is 4.35. The lowest BCUT2D eigenvalue weighted by Crippen LogP contribution is -2.33. The Hall–Kier alpha value is -2.82. The van der Waals surface area contributed by atoms with Crippen molar-refractivity contribution in [3.8, 4) is 11.3 Å². The van der Waals surface area contributed by atoms with Gasteiger partial charge in [0.2, 0.25) is 0 Å². The second kappa shape index (κ2) is 7.43. The van der Waals surface area contributed by atoms with E-state index in [2.05, 4.69) is 9.97 Å². The topological polar surface area (TPSA) is 59.0 Å². The van der Waals surface area contributed by atoms with E-state index in [1.165, 1.54) is 0 Å². The van der Waals surface area contributed by atoms with Crippen LogP contribution < -0.4 is 0 Å². The molecule has 0 aliphatic heterocycles. The molecule has 0 atom stereocenters. The Morgan fingerprint density at radius 3 is 2.41 bits per heavy atom. The number of aromatic nitrogens is 3. The number of hydrogen-bond donors (Lipinski definition) is 0. The largest absolute Gasteiger partial charge is 0.339 e. The second-order valence-corrected chi connectivity index (χ2v) is 7.23. The van der Waals surface area contributed by atoms with Crippen molar-refractivity contribution >= 4 is 16.8 Å². The molecule has 2 aromatic heterocycles. The van der Waals surface area contributed by atoms with Crippen LogP contribution in [0.4, 0.5) is 0 Å². The normalized spacial score (nSPS) is 11.2. The van der Waals surface area contributed by atoms with Crippen LogP contribution in [-0.4, -0.2) is 38.8 Å². The number of carbonyl (C=O) groups is 1. The number of benzene rings is 1. The zero-order valence-electron chi connectivity index (χ0n) is 16.9. The van der Waals surface area contributed by atoms with Crippen molar-refractivity contribution in [3.05, 3.63) is 53.1 Å². The smallest absolute Gasteiger partial charge is 0.254 e. The number of carbonyl (C=O) groups excluding carboxylic acids is 1. The van der Waals surface area contributed by atoms with E-state index in [1.54, 1.807) is 17.3 Å². The average molecular weight is 362 g/mol. The van der Waals surface area contributed by atoms with Gasteiger partial charge in [-0.3, -0.25) is 4.79 Å². The molecule has 1 aromatic carbocycles. The zero-order valence-corrected chi connectivity index (χ0v) is 16.9. The van der Waals surface area contributed by atoms with Crippen molar-refractivity contribution in [2.24, 2.45) is 0 Å². The molecule has 27 heavy (non-hydrogen) atoms. The first-order valence-corrected chi connectivity index (χ1v) is 9.32. The Bertz CT molecular complexity index is 993. The SMILES string of the molecule is CCc1ncc(-c2nc3ccc(C)cc3c(C(=O)N(C)C(C)C)c2C)cn1. The summed E-state index contributed by atoms with van der Waals surface area (Å²) in [4.78, 5) is 28.7. The van der Waals surface area contributed by atoms with Crippen LogP contribution >= 0.6 is 0 Å². The average Bonchev–Trinajstić information content (AvgIpc) is 2.66. The van der Waals surface area contributed by atoms with E-state index in [4.69, 9.17) is 4.98 Å². The van der Waals surface area contributed by atoms with Crippen LogP contribution in [0.1, 0.15) is 48.1 Å². The van der Waals surface area contributed by atoms with Gasteiger partial charge in [-0.1, -0.05) is 18.6 Å². The molecule has 0 saturated heterocycles. The van der Waals surface area contributed by atoms with Crippen LogP contribution in [-0.2, 0) is 6.42 Å². The Labute approximate surface area is 160 Å². The molecule has 5 nitrogen and oxygen atoms in total. The zero-order chi connectivity index (χ0) is 19.7. The molecule has 0 radical (unpaired) electrons. The number of aryl methyl sites for hydroxylation is 2. The Morgan fingerprint density at radius 2 is 1.81 bits per heavy atom. The summed E-state index contributed by atoms with van der Waals surface area (Å²) < 4.78 is 0. The van der Waals surface area contributed by atoms with E-state index in [9.17, 15) is 4.79 Å². The highest BCUT2D eigenvalue weighted by atomic mass is 16.2. The minimum absolute atomic E-state index is 0.00727. The van der Waals surface area contributed by atoms with Gasteiger partial charge in [0.1, 0.15) is 5.82 Å². The van der Waals surface area contributed by atoms with E-state index in [-0.39, 0.29) is 11.9 Å². The maximum absolute atomic E-state index is 13.3. The van der Waals surface area contributed by atoms with E-state index in [1.807, 2.05) is 59.9 Å². The summed E-state index contributed by atoms with van der Waals surface area (Å²) in [7, 11) is 1.84. The maximum atomic E-state index is 13.3. The fraction of sp³-hybridized carbons (Fsp3) is 0.364. The van der Waals surface area contributed by atoms with E-state index in [0.717, 1.165) is 45.5 Å². The molecule has 1 amide bonds. The van der Waals surface area contributed by atoms with Crippen molar-refractivity contribution in [1.82, 2.24) is 19.9 Å². The number of fused-ring (bicyclic) bond motifs is 1. The van der Waals surface area contributed by atoms with Crippen LogP contribution in [0.2, 0.25) is 0 Å². The number of hydrogen-bond acceptors (Lipinski definition) is 4.